The first-order valence-corrected chi connectivity index (χ1v) is 10.9. The topological polar surface area (TPSA) is 117 Å². The molecule has 10 nitrogen and oxygen atoms in total. The zero-order chi connectivity index (χ0) is 22.7. The molecule has 1 aromatic carbocycles. The van der Waals surface area contributed by atoms with Gasteiger partial charge in [-0.25, -0.2) is 0 Å². The molecule has 10 heteroatoms. The highest BCUT2D eigenvalue weighted by atomic mass is 16.4. The van der Waals surface area contributed by atoms with Crippen molar-refractivity contribution in [2.24, 2.45) is 5.41 Å². The van der Waals surface area contributed by atoms with E-state index in [-0.39, 0.29) is 5.41 Å². The van der Waals surface area contributed by atoms with Crippen molar-refractivity contribution in [3.05, 3.63) is 30.2 Å². The van der Waals surface area contributed by atoms with Crippen molar-refractivity contribution in [3.63, 3.8) is 0 Å². The lowest BCUT2D eigenvalue weighted by atomic mass is 9.96. The van der Waals surface area contributed by atoms with Gasteiger partial charge in [-0.15, -0.1) is 10.2 Å². The summed E-state index contributed by atoms with van der Waals surface area (Å²) in [5.41, 5.74) is 2.84. The number of benzene rings is 1. The van der Waals surface area contributed by atoms with Gasteiger partial charge in [0.2, 0.25) is 30.1 Å². The Hall–Kier alpha value is -3.27. The van der Waals surface area contributed by atoms with Crippen molar-refractivity contribution >= 4 is 23.5 Å². The molecule has 0 spiro atoms. The third-order valence-corrected chi connectivity index (χ3v) is 5.16. The summed E-state index contributed by atoms with van der Waals surface area (Å²) < 4.78 is 5.34. The maximum atomic E-state index is 5.34. The van der Waals surface area contributed by atoms with Crippen molar-refractivity contribution in [2.75, 3.05) is 42.2 Å². The molecule has 3 N–H and O–H groups in total. The largest absolute Gasteiger partial charge is 0.423 e. The molecule has 2 aromatic heterocycles. The third kappa shape index (κ3) is 5.50. The maximum Gasteiger partial charge on any atom is 0.247 e. The summed E-state index contributed by atoms with van der Waals surface area (Å²) >= 11 is 0. The third-order valence-electron chi connectivity index (χ3n) is 5.16. The molecule has 3 heterocycles. The Labute approximate surface area is 188 Å². The number of aromatic nitrogens is 5. The number of nitrogens with zero attached hydrogens (tertiary/aromatic N) is 6. The van der Waals surface area contributed by atoms with E-state index in [1.165, 1.54) is 6.39 Å². The average Bonchev–Trinajstić information content (AvgIpc) is 3.42. The molecule has 1 unspecified atom stereocenters. The van der Waals surface area contributed by atoms with Crippen LogP contribution in [0.15, 0.2) is 29.0 Å². The molecule has 0 amide bonds. The Morgan fingerprint density at radius 1 is 1.19 bits per heavy atom. The van der Waals surface area contributed by atoms with Crippen LogP contribution < -0.4 is 20.9 Å². The first kappa shape index (κ1) is 21.9. The van der Waals surface area contributed by atoms with Crippen LogP contribution in [0, 0.1) is 12.3 Å². The van der Waals surface area contributed by atoms with Crippen LogP contribution in [-0.4, -0.2) is 57.9 Å². The molecule has 1 aliphatic rings. The number of aryl methyl sites for hydroxylation is 1. The Kier molecular flexibility index (Phi) is 6.22. The van der Waals surface area contributed by atoms with Gasteiger partial charge in [0.05, 0.1) is 0 Å². The molecular formula is C22H31N9O. The summed E-state index contributed by atoms with van der Waals surface area (Å²) in [6.07, 6.45) is 2.36. The molecule has 4 rings (SSSR count). The molecule has 1 saturated heterocycles. The van der Waals surface area contributed by atoms with Gasteiger partial charge in [-0.1, -0.05) is 26.8 Å². The zero-order valence-corrected chi connectivity index (χ0v) is 19.3. The average molecular weight is 438 g/mol. The monoisotopic (exact) mass is 437 g/mol. The highest BCUT2D eigenvalue weighted by molar-refractivity contribution is 5.68. The van der Waals surface area contributed by atoms with Crippen molar-refractivity contribution < 1.29 is 4.42 Å². The molecule has 1 fully saturated rings. The van der Waals surface area contributed by atoms with E-state index in [2.05, 4.69) is 56.8 Å². The normalized spacial score (nSPS) is 16.2. The molecule has 0 saturated carbocycles. The second-order valence-electron chi connectivity index (χ2n) is 9.43. The number of hydrogen-bond acceptors (Lipinski definition) is 10. The number of rotatable bonds is 7. The van der Waals surface area contributed by atoms with Crippen LogP contribution in [0.25, 0.3) is 11.5 Å². The fourth-order valence-corrected chi connectivity index (χ4v) is 3.71. The standard InChI is InChI=1S/C22H31N9O/c1-14-6-7-15(18-30-24-13-32-18)10-17(14)26-20-27-19(25-16-8-9-23-11-16)28-21(29-20)31(5)12-22(2,3)4/h6-7,10,13,16,23H,8-9,11-12H2,1-5H3,(H2,25,26,27,28,29). The summed E-state index contributed by atoms with van der Waals surface area (Å²) in [7, 11) is 2.01. The van der Waals surface area contributed by atoms with Crippen molar-refractivity contribution in [3.8, 4) is 11.5 Å². The van der Waals surface area contributed by atoms with Crippen LogP contribution in [0.4, 0.5) is 23.5 Å². The highest BCUT2D eigenvalue weighted by Gasteiger charge is 2.20. The van der Waals surface area contributed by atoms with Gasteiger partial charge in [0.1, 0.15) is 0 Å². The van der Waals surface area contributed by atoms with E-state index in [4.69, 9.17) is 14.4 Å². The first-order chi connectivity index (χ1) is 15.3. The number of hydrogen-bond donors (Lipinski definition) is 3. The lowest BCUT2D eigenvalue weighted by Gasteiger charge is -2.27. The van der Waals surface area contributed by atoms with Crippen LogP contribution in [0.2, 0.25) is 0 Å². The van der Waals surface area contributed by atoms with Crippen LogP contribution in [0.1, 0.15) is 32.8 Å². The minimum absolute atomic E-state index is 0.104. The van der Waals surface area contributed by atoms with Crippen LogP contribution in [-0.2, 0) is 0 Å². The molecule has 0 radical (unpaired) electrons. The Morgan fingerprint density at radius 3 is 2.69 bits per heavy atom. The van der Waals surface area contributed by atoms with E-state index in [0.717, 1.165) is 42.9 Å². The minimum Gasteiger partial charge on any atom is -0.423 e. The van der Waals surface area contributed by atoms with Gasteiger partial charge in [-0.05, 0) is 43.0 Å². The Balaban J connectivity index is 1.64. The van der Waals surface area contributed by atoms with Gasteiger partial charge >= 0.3 is 0 Å². The number of anilines is 4. The summed E-state index contributed by atoms with van der Waals surface area (Å²) in [6.45, 7) is 11.3. The van der Waals surface area contributed by atoms with Gasteiger partial charge in [0, 0.05) is 37.4 Å². The molecule has 32 heavy (non-hydrogen) atoms. The molecular weight excluding hydrogens is 406 g/mol. The van der Waals surface area contributed by atoms with Gasteiger partial charge in [0.15, 0.2) is 0 Å². The molecule has 1 atom stereocenters. The maximum absolute atomic E-state index is 5.34. The SMILES string of the molecule is Cc1ccc(-c2nnco2)cc1Nc1nc(NC2CCNC2)nc(N(C)CC(C)(C)C)n1. The second-order valence-corrected chi connectivity index (χ2v) is 9.43. The van der Waals surface area contributed by atoms with E-state index in [1.807, 2.05) is 32.2 Å². The lowest BCUT2D eigenvalue weighted by molar-refractivity contribution is 0.416. The predicted octanol–water partition coefficient (Wildman–Crippen LogP) is 3.23. The highest BCUT2D eigenvalue weighted by Crippen LogP contribution is 2.27. The summed E-state index contributed by atoms with van der Waals surface area (Å²) in [4.78, 5) is 16.1. The van der Waals surface area contributed by atoms with Gasteiger partial charge in [0.25, 0.3) is 0 Å². The molecule has 3 aromatic rings. The van der Waals surface area contributed by atoms with Crippen LogP contribution in [0.5, 0.6) is 0 Å². The smallest absolute Gasteiger partial charge is 0.247 e. The second kappa shape index (κ2) is 9.07. The van der Waals surface area contributed by atoms with Crippen molar-refractivity contribution in [1.82, 2.24) is 30.5 Å². The van der Waals surface area contributed by atoms with E-state index < -0.39 is 0 Å². The fraction of sp³-hybridized carbons (Fsp3) is 0.500. The van der Waals surface area contributed by atoms with Crippen LogP contribution in [0.3, 0.4) is 0 Å². The Bertz CT molecular complexity index is 1040. The van der Waals surface area contributed by atoms with Gasteiger partial charge in [-0.3, -0.25) is 0 Å². The van der Waals surface area contributed by atoms with Gasteiger partial charge < -0.3 is 25.3 Å². The molecule has 170 valence electrons. The minimum atomic E-state index is 0.104. The molecule has 0 bridgehead atoms. The van der Waals surface area contributed by atoms with E-state index >= 15 is 0 Å². The quantitative estimate of drug-likeness (QED) is 0.508. The fourth-order valence-electron chi connectivity index (χ4n) is 3.71. The van der Waals surface area contributed by atoms with E-state index in [1.54, 1.807) is 0 Å². The summed E-state index contributed by atoms with van der Waals surface area (Å²) in [5, 5.41) is 17.9. The summed E-state index contributed by atoms with van der Waals surface area (Å²) in [6, 6.07) is 6.20. The van der Waals surface area contributed by atoms with Crippen LogP contribution >= 0.6 is 0 Å². The van der Waals surface area contributed by atoms with E-state index in [9.17, 15) is 0 Å². The van der Waals surface area contributed by atoms with Crippen molar-refractivity contribution in [1.29, 1.82) is 0 Å². The van der Waals surface area contributed by atoms with Crippen molar-refractivity contribution in [2.45, 2.75) is 40.2 Å². The number of nitrogens with one attached hydrogen (secondary N) is 3. The van der Waals surface area contributed by atoms with E-state index in [0.29, 0.717) is 29.8 Å². The summed E-state index contributed by atoms with van der Waals surface area (Å²) in [5.74, 6) is 2.13. The molecule has 1 aliphatic heterocycles. The first-order valence-electron chi connectivity index (χ1n) is 10.9. The Morgan fingerprint density at radius 2 is 2.00 bits per heavy atom. The molecule has 0 aliphatic carbocycles. The van der Waals surface area contributed by atoms with Gasteiger partial charge in [-0.2, -0.15) is 15.0 Å². The zero-order valence-electron chi connectivity index (χ0n) is 19.3. The lowest BCUT2D eigenvalue weighted by Crippen LogP contribution is -2.31. The predicted molar refractivity (Wildman–Crippen MR) is 125 cm³/mol.